The third-order valence-corrected chi connectivity index (χ3v) is 3.79. The van der Waals surface area contributed by atoms with Gasteiger partial charge in [0.2, 0.25) is 5.91 Å². The molecule has 1 fully saturated rings. The van der Waals surface area contributed by atoms with Gasteiger partial charge in [-0.15, -0.1) is 0 Å². The first-order valence-electron chi connectivity index (χ1n) is 7.20. The first-order valence-corrected chi connectivity index (χ1v) is 7.20. The minimum atomic E-state index is 0.284. The van der Waals surface area contributed by atoms with Crippen molar-refractivity contribution in [2.24, 2.45) is 0 Å². The average molecular weight is 261 g/mol. The zero-order valence-corrected chi connectivity index (χ0v) is 11.6. The van der Waals surface area contributed by atoms with Crippen LogP contribution < -0.4 is 5.32 Å². The molecule has 0 bridgehead atoms. The van der Waals surface area contributed by atoms with Crippen LogP contribution in [0.3, 0.4) is 0 Å². The lowest BCUT2D eigenvalue weighted by Crippen LogP contribution is -2.46. The number of hydrogen-bond donors (Lipinski definition) is 1. The molecule has 0 unspecified atom stereocenters. The van der Waals surface area contributed by atoms with Gasteiger partial charge >= 0.3 is 0 Å². The van der Waals surface area contributed by atoms with Gasteiger partial charge < -0.3 is 10.2 Å². The third kappa shape index (κ3) is 4.03. The molecule has 1 aromatic heterocycles. The van der Waals surface area contributed by atoms with Crippen LogP contribution in [0.15, 0.2) is 24.5 Å². The van der Waals surface area contributed by atoms with Gasteiger partial charge in [0.05, 0.1) is 0 Å². The van der Waals surface area contributed by atoms with Crippen LogP contribution in [0.2, 0.25) is 0 Å². The fraction of sp³-hybridized carbons (Fsp3) is 0.600. The lowest BCUT2D eigenvalue weighted by molar-refractivity contribution is -0.133. The fourth-order valence-electron chi connectivity index (χ4n) is 2.70. The van der Waals surface area contributed by atoms with Crippen LogP contribution in [-0.4, -0.2) is 41.5 Å². The van der Waals surface area contributed by atoms with Crippen LogP contribution in [0.1, 0.15) is 31.7 Å². The molecule has 2 rings (SSSR count). The Labute approximate surface area is 115 Å². The Morgan fingerprint density at radius 1 is 1.37 bits per heavy atom. The molecule has 1 aliphatic rings. The monoisotopic (exact) mass is 261 g/mol. The van der Waals surface area contributed by atoms with Gasteiger partial charge in [-0.2, -0.15) is 0 Å². The quantitative estimate of drug-likeness (QED) is 0.876. The first-order chi connectivity index (χ1) is 9.31. The SMILES string of the molecule is CCN(C(=O)CCc1ccncc1)C1CCNCC1. The van der Waals surface area contributed by atoms with Crippen LogP contribution in [0.5, 0.6) is 0 Å². The Kier molecular flexibility index (Phi) is 5.33. The Hall–Kier alpha value is -1.42. The van der Waals surface area contributed by atoms with Crippen molar-refractivity contribution in [3.05, 3.63) is 30.1 Å². The highest BCUT2D eigenvalue weighted by atomic mass is 16.2. The normalized spacial score (nSPS) is 16.3. The maximum absolute atomic E-state index is 12.3. The molecule has 0 aromatic carbocycles. The number of amides is 1. The second-order valence-corrected chi connectivity index (χ2v) is 5.02. The van der Waals surface area contributed by atoms with Crippen molar-refractivity contribution in [2.45, 2.75) is 38.6 Å². The molecule has 2 heterocycles. The van der Waals surface area contributed by atoms with Gasteiger partial charge in [-0.05, 0) is 57.0 Å². The first kappa shape index (κ1) is 14.0. The van der Waals surface area contributed by atoms with Crippen LogP contribution in [0, 0.1) is 0 Å². The van der Waals surface area contributed by atoms with Gasteiger partial charge in [0.1, 0.15) is 0 Å². The van der Waals surface area contributed by atoms with Crippen LogP contribution in [-0.2, 0) is 11.2 Å². The lowest BCUT2D eigenvalue weighted by Gasteiger charge is -2.34. The minimum absolute atomic E-state index is 0.284. The number of hydrogen-bond acceptors (Lipinski definition) is 3. The Morgan fingerprint density at radius 2 is 2.05 bits per heavy atom. The number of carbonyl (C=O) groups excluding carboxylic acids is 1. The van der Waals surface area contributed by atoms with E-state index in [4.69, 9.17) is 0 Å². The summed E-state index contributed by atoms with van der Waals surface area (Å²) >= 11 is 0. The number of nitrogens with one attached hydrogen (secondary N) is 1. The third-order valence-electron chi connectivity index (χ3n) is 3.79. The highest BCUT2D eigenvalue weighted by Gasteiger charge is 2.23. The van der Waals surface area contributed by atoms with Gasteiger partial charge in [0.15, 0.2) is 0 Å². The smallest absolute Gasteiger partial charge is 0.223 e. The number of aromatic nitrogens is 1. The summed E-state index contributed by atoms with van der Waals surface area (Å²) in [6, 6.07) is 4.39. The molecule has 0 spiro atoms. The van der Waals surface area contributed by atoms with Crippen LogP contribution >= 0.6 is 0 Å². The minimum Gasteiger partial charge on any atom is -0.340 e. The summed E-state index contributed by atoms with van der Waals surface area (Å²) in [5.41, 5.74) is 1.18. The van der Waals surface area contributed by atoms with E-state index < -0.39 is 0 Å². The van der Waals surface area contributed by atoms with E-state index in [1.165, 1.54) is 5.56 Å². The van der Waals surface area contributed by atoms with E-state index in [1.807, 2.05) is 12.1 Å². The summed E-state index contributed by atoms with van der Waals surface area (Å²) in [6.45, 7) is 4.95. The molecule has 1 saturated heterocycles. The van der Waals surface area contributed by atoms with Crippen molar-refractivity contribution >= 4 is 5.91 Å². The molecular formula is C15H23N3O. The van der Waals surface area contributed by atoms with E-state index in [0.717, 1.165) is 38.9 Å². The van der Waals surface area contributed by atoms with Crippen molar-refractivity contribution < 1.29 is 4.79 Å². The van der Waals surface area contributed by atoms with E-state index in [0.29, 0.717) is 12.5 Å². The zero-order chi connectivity index (χ0) is 13.5. The number of aryl methyl sites for hydroxylation is 1. The second kappa shape index (κ2) is 7.24. The molecule has 1 aromatic rings. The maximum Gasteiger partial charge on any atom is 0.223 e. The molecule has 1 N–H and O–H groups in total. The second-order valence-electron chi connectivity index (χ2n) is 5.02. The molecule has 0 aliphatic carbocycles. The zero-order valence-electron chi connectivity index (χ0n) is 11.6. The summed E-state index contributed by atoms with van der Waals surface area (Å²) in [5.74, 6) is 0.284. The number of piperidine rings is 1. The Balaban J connectivity index is 1.86. The van der Waals surface area contributed by atoms with E-state index in [9.17, 15) is 4.79 Å². The average Bonchev–Trinajstić information content (AvgIpc) is 2.48. The van der Waals surface area contributed by atoms with Crippen molar-refractivity contribution in [1.29, 1.82) is 0 Å². The Bertz CT molecular complexity index is 388. The van der Waals surface area contributed by atoms with Crippen molar-refractivity contribution in [3.63, 3.8) is 0 Å². The van der Waals surface area contributed by atoms with Crippen molar-refractivity contribution in [1.82, 2.24) is 15.2 Å². The summed E-state index contributed by atoms with van der Waals surface area (Å²) in [6.07, 6.45) is 7.13. The van der Waals surface area contributed by atoms with Crippen LogP contribution in [0.25, 0.3) is 0 Å². The summed E-state index contributed by atoms with van der Waals surface area (Å²) in [4.78, 5) is 18.4. The lowest BCUT2D eigenvalue weighted by atomic mass is 10.0. The van der Waals surface area contributed by atoms with Crippen LogP contribution in [0.4, 0.5) is 0 Å². The number of pyridine rings is 1. The number of nitrogens with zero attached hydrogens (tertiary/aromatic N) is 2. The standard InChI is InChI=1S/C15H23N3O/c1-2-18(14-7-11-17-12-8-14)15(19)4-3-13-5-9-16-10-6-13/h5-6,9-10,14,17H,2-4,7-8,11-12H2,1H3. The molecule has 4 heteroatoms. The maximum atomic E-state index is 12.3. The van der Waals surface area contributed by atoms with Gasteiger partial charge in [-0.1, -0.05) is 0 Å². The van der Waals surface area contributed by atoms with Gasteiger partial charge in [-0.25, -0.2) is 0 Å². The molecule has 1 amide bonds. The number of carbonyl (C=O) groups is 1. The molecule has 0 saturated carbocycles. The van der Waals surface area contributed by atoms with E-state index >= 15 is 0 Å². The number of rotatable bonds is 5. The summed E-state index contributed by atoms with van der Waals surface area (Å²) in [7, 11) is 0. The van der Waals surface area contributed by atoms with Gasteiger partial charge in [0.25, 0.3) is 0 Å². The summed E-state index contributed by atoms with van der Waals surface area (Å²) in [5, 5.41) is 3.35. The fourth-order valence-corrected chi connectivity index (χ4v) is 2.70. The van der Waals surface area contributed by atoms with E-state index in [1.54, 1.807) is 12.4 Å². The van der Waals surface area contributed by atoms with Gasteiger partial charge in [-0.3, -0.25) is 9.78 Å². The molecule has 1 aliphatic heterocycles. The molecular weight excluding hydrogens is 238 g/mol. The largest absolute Gasteiger partial charge is 0.340 e. The summed E-state index contributed by atoms with van der Waals surface area (Å²) < 4.78 is 0. The molecule has 19 heavy (non-hydrogen) atoms. The molecule has 0 radical (unpaired) electrons. The molecule has 104 valence electrons. The van der Waals surface area contributed by atoms with E-state index in [2.05, 4.69) is 22.1 Å². The Morgan fingerprint density at radius 3 is 2.68 bits per heavy atom. The van der Waals surface area contributed by atoms with Gasteiger partial charge in [0, 0.05) is 31.4 Å². The predicted octanol–water partition coefficient (Wildman–Crippen LogP) is 1.61. The predicted molar refractivity (Wildman–Crippen MR) is 75.8 cm³/mol. The van der Waals surface area contributed by atoms with Crippen molar-refractivity contribution in [3.8, 4) is 0 Å². The molecule has 4 nitrogen and oxygen atoms in total. The highest BCUT2D eigenvalue weighted by Crippen LogP contribution is 2.14. The highest BCUT2D eigenvalue weighted by molar-refractivity contribution is 5.76. The van der Waals surface area contributed by atoms with Crippen molar-refractivity contribution in [2.75, 3.05) is 19.6 Å². The molecule has 0 atom stereocenters. The van der Waals surface area contributed by atoms with E-state index in [-0.39, 0.29) is 5.91 Å². The topological polar surface area (TPSA) is 45.2 Å².